The molecule has 0 saturated carbocycles. The maximum absolute atomic E-state index is 12.7. The van der Waals surface area contributed by atoms with Crippen LogP contribution < -0.4 is 0 Å². The van der Waals surface area contributed by atoms with Crippen LogP contribution in [0, 0.1) is 0 Å². The van der Waals surface area contributed by atoms with E-state index < -0.39 is 0 Å². The Hall–Kier alpha value is -2.08. The minimum atomic E-state index is -0.114. The molecule has 1 saturated heterocycles. The number of oxazole rings is 1. The fraction of sp³-hybridized carbons (Fsp3) is 0.263. The molecule has 1 atom stereocenters. The summed E-state index contributed by atoms with van der Waals surface area (Å²) < 4.78 is 5.82. The fourth-order valence-corrected chi connectivity index (χ4v) is 3.84. The summed E-state index contributed by atoms with van der Waals surface area (Å²) in [7, 11) is 0. The van der Waals surface area contributed by atoms with Gasteiger partial charge in [0.15, 0.2) is 5.58 Å². The van der Waals surface area contributed by atoms with Crippen molar-refractivity contribution in [1.29, 1.82) is 0 Å². The van der Waals surface area contributed by atoms with Gasteiger partial charge in [0.1, 0.15) is 5.52 Å². The molecule has 1 amide bonds. The average Bonchev–Trinajstić information content (AvgIpc) is 3.26. The zero-order valence-electron chi connectivity index (χ0n) is 13.8. The van der Waals surface area contributed by atoms with Gasteiger partial charge in [-0.2, -0.15) is 0 Å². The van der Waals surface area contributed by atoms with Gasteiger partial charge in [-0.15, -0.1) is 0 Å². The number of rotatable bonds is 3. The van der Waals surface area contributed by atoms with E-state index in [0.29, 0.717) is 44.7 Å². The number of carbonyl (C=O) groups is 1. The smallest absolute Gasteiger partial charge is 0.254 e. The quantitative estimate of drug-likeness (QED) is 0.719. The maximum Gasteiger partial charge on any atom is 0.254 e. The third-order valence-corrected chi connectivity index (χ3v) is 5.03. The number of nitrogens with zero attached hydrogens (tertiary/aromatic N) is 2. The molecule has 5 nitrogen and oxygen atoms in total. The molecule has 1 aliphatic rings. The van der Waals surface area contributed by atoms with Crippen LogP contribution >= 0.6 is 23.2 Å². The van der Waals surface area contributed by atoms with Gasteiger partial charge in [0.05, 0.1) is 12.6 Å². The first-order valence-corrected chi connectivity index (χ1v) is 9.09. The molecule has 0 bridgehead atoms. The summed E-state index contributed by atoms with van der Waals surface area (Å²) in [6, 6.07) is 10.1. The van der Waals surface area contributed by atoms with Crippen molar-refractivity contribution in [1.82, 2.24) is 9.88 Å². The summed E-state index contributed by atoms with van der Waals surface area (Å²) in [6.45, 7) is 0.640. The Balaban J connectivity index is 1.69. The third-order valence-electron chi connectivity index (χ3n) is 4.59. The molecule has 1 N–H and O–H groups in total. The minimum Gasteiger partial charge on any atom is -0.436 e. The summed E-state index contributed by atoms with van der Waals surface area (Å²) in [5, 5.41) is 10.4. The summed E-state index contributed by atoms with van der Waals surface area (Å²) in [6.07, 6.45) is 1.73. The van der Waals surface area contributed by atoms with Crippen LogP contribution in [0.15, 0.2) is 40.8 Å². The van der Waals surface area contributed by atoms with E-state index in [-0.39, 0.29) is 18.6 Å². The van der Waals surface area contributed by atoms with E-state index in [1.165, 1.54) is 0 Å². The van der Waals surface area contributed by atoms with Crippen LogP contribution in [-0.2, 0) is 0 Å². The Bertz CT molecular complexity index is 966. The van der Waals surface area contributed by atoms with Crippen LogP contribution in [0.2, 0.25) is 10.0 Å². The predicted octanol–water partition coefficient (Wildman–Crippen LogP) is 4.40. The molecule has 7 heteroatoms. The number of hydrogen-bond acceptors (Lipinski definition) is 4. The molecule has 1 aliphatic heterocycles. The minimum absolute atomic E-state index is 0.0179. The topological polar surface area (TPSA) is 66.6 Å². The Kier molecular flexibility index (Phi) is 4.61. The van der Waals surface area contributed by atoms with Crippen LogP contribution in [0.3, 0.4) is 0 Å². The highest BCUT2D eigenvalue weighted by Gasteiger charge is 2.29. The van der Waals surface area contributed by atoms with E-state index >= 15 is 0 Å². The standard InChI is InChI=1S/C19H16Cl2N2O3/c20-13-6-12(7-14(21)9-13)18-22-16-4-3-11(8-17(16)26-18)19(25)23-5-1-2-15(23)10-24/h3-4,6-9,15,24H,1-2,5,10H2. The number of hydrogen-bond donors (Lipinski definition) is 1. The van der Waals surface area contributed by atoms with Crippen molar-refractivity contribution in [2.75, 3.05) is 13.2 Å². The lowest BCUT2D eigenvalue weighted by Gasteiger charge is -2.22. The molecule has 26 heavy (non-hydrogen) atoms. The van der Waals surface area contributed by atoms with Gasteiger partial charge in [-0.05, 0) is 49.2 Å². The summed E-state index contributed by atoms with van der Waals surface area (Å²) >= 11 is 12.1. The van der Waals surface area contributed by atoms with Gasteiger partial charge in [0.2, 0.25) is 5.89 Å². The second-order valence-corrected chi connectivity index (χ2v) is 7.21. The predicted molar refractivity (Wildman–Crippen MR) is 101 cm³/mol. The first-order valence-electron chi connectivity index (χ1n) is 8.34. The Morgan fingerprint density at radius 1 is 1.23 bits per heavy atom. The number of amides is 1. The van der Waals surface area contributed by atoms with Gasteiger partial charge in [0, 0.05) is 27.7 Å². The normalized spacial score (nSPS) is 17.2. The van der Waals surface area contributed by atoms with Gasteiger partial charge in [-0.3, -0.25) is 4.79 Å². The average molecular weight is 391 g/mol. The van der Waals surface area contributed by atoms with Crippen LogP contribution in [0.1, 0.15) is 23.2 Å². The van der Waals surface area contributed by atoms with Crippen molar-refractivity contribution < 1.29 is 14.3 Å². The molecular formula is C19H16Cl2N2O3. The monoisotopic (exact) mass is 390 g/mol. The van der Waals surface area contributed by atoms with Gasteiger partial charge in [0.25, 0.3) is 5.91 Å². The van der Waals surface area contributed by atoms with Crippen molar-refractivity contribution in [3.8, 4) is 11.5 Å². The van der Waals surface area contributed by atoms with Crippen molar-refractivity contribution in [2.45, 2.75) is 18.9 Å². The lowest BCUT2D eigenvalue weighted by molar-refractivity contribution is 0.0677. The second-order valence-electron chi connectivity index (χ2n) is 6.34. The highest BCUT2D eigenvalue weighted by molar-refractivity contribution is 6.35. The molecule has 0 aliphatic carbocycles. The van der Waals surface area contributed by atoms with E-state index in [9.17, 15) is 9.90 Å². The summed E-state index contributed by atoms with van der Waals surface area (Å²) in [4.78, 5) is 18.9. The maximum atomic E-state index is 12.7. The van der Waals surface area contributed by atoms with E-state index in [1.807, 2.05) is 0 Å². The molecule has 134 valence electrons. The molecular weight excluding hydrogens is 375 g/mol. The molecule has 4 rings (SSSR count). The molecule has 2 aromatic carbocycles. The molecule has 0 spiro atoms. The van der Waals surface area contributed by atoms with Crippen LogP contribution in [0.4, 0.5) is 0 Å². The second kappa shape index (κ2) is 6.91. The molecule has 1 aromatic heterocycles. The summed E-state index contributed by atoms with van der Waals surface area (Å²) in [5.74, 6) is 0.288. The lowest BCUT2D eigenvalue weighted by atomic mass is 10.1. The van der Waals surface area contributed by atoms with Gasteiger partial charge < -0.3 is 14.4 Å². The zero-order valence-corrected chi connectivity index (χ0v) is 15.3. The fourth-order valence-electron chi connectivity index (χ4n) is 3.32. The first kappa shape index (κ1) is 17.3. The number of aliphatic hydroxyl groups is 1. The number of benzene rings is 2. The third kappa shape index (κ3) is 3.18. The summed E-state index contributed by atoms with van der Waals surface area (Å²) in [5.41, 5.74) is 2.35. The number of fused-ring (bicyclic) bond motifs is 1. The van der Waals surface area contributed by atoms with Crippen molar-refractivity contribution in [3.05, 3.63) is 52.0 Å². The Morgan fingerprint density at radius 2 is 2.00 bits per heavy atom. The number of likely N-dealkylation sites (tertiary alicyclic amines) is 1. The van der Waals surface area contributed by atoms with Crippen LogP contribution in [0.25, 0.3) is 22.6 Å². The Morgan fingerprint density at radius 3 is 2.73 bits per heavy atom. The SMILES string of the molecule is O=C(c1ccc2nc(-c3cc(Cl)cc(Cl)c3)oc2c1)N1CCCC1CO. The van der Waals surface area contributed by atoms with Crippen molar-refractivity contribution in [2.24, 2.45) is 0 Å². The molecule has 2 heterocycles. The number of aromatic nitrogens is 1. The Labute approximate surface area is 160 Å². The van der Waals surface area contributed by atoms with Gasteiger partial charge in [-0.1, -0.05) is 23.2 Å². The highest BCUT2D eigenvalue weighted by Crippen LogP contribution is 2.30. The van der Waals surface area contributed by atoms with E-state index in [0.717, 1.165) is 12.8 Å². The van der Waals surface area contributed by atoms with Crippen molar-refractivity contribution >= 4 is 40.2 Å². The molecule has 1 unspecified atom stereocenters. The highest BCUT2D eigenvalue weighted by atomic mass is 35.5. The van der Waals surface area contributed by atoms with Crippen molar-refractivity contribution in [3.63, 3.8) is 0 Å². The number of halogens is 2. The molecule has 3 aromatic rings. The van der Waals surface area contributed by atoms with Gasteiger partial charge >= 0.3 is 0 Å². The van der Waals surface area contributed by atoms with E-state index in [1.54, 1.807) is 41.3 Å². The number of carbonyl (C=O) groups excluding carboxylic acids is 1. The van der Waals surface area contributed by atoms with E-state index in [4.69, 9.17) is 27.6 Å². The zero-order chi connectivity index (χ0) is 18.3. The van der Waals surface area contributed by atoms with E-state index in [2.05, 4.69) is 4.98 Å². The molecule has 1 fully saturated rings. The lowest BCUT2D eigenvalue weighted by Crippen LogP contribution is -2.37. The largest absolute Gasteiger partial charge is 0.436 e. The first-order chi connectivity index (χ1) is 12.5. The van der Waals surface area contributed by atoms with Crippen LogP contribution in [0.5, 0.6) is 0 Å². The van der Waals surface area contributed by atoms with Crippen LogP contribution in [-0.4, -0.2) is 40.1 Å². The number of aliphatic hydroxyl groups excluding tert-OH is 1. The van der Waals surface area contributed by atoms with Gasteiger partial charge in [-0.25, -0.2) is 4.98 Å². The molecule has 0 radical (unpaired) electrons.